The van der Waals surface area contributed by atoms with Gasteiger partial charge in [0.05, 0.1) is 11.8 Å². The van der Waals surface area contributed by atoms with Gasteiger partial charge in [0.1, 0.15) is 0 Å². The second-order valence-corrected chi connectivity index (χ2v) is 6.76. The van der Waals surface area contributed by atoms with Crippen molar-refractivity contribution in [3.8, 4) is 0 Å². The molecule has 7 heteroatoms. The molecule has 0 aliphatic carbocycles. The van der Waals surface area contributed by atoms with Crippen LogP contribution in [0.3, 0.4) is 0 Å². The third kappa shape index (κ3) is 5.39. The molecule has 0 unspecified atom stereocenters. The normalized spacial score (nSPS) is 12.0. The Kier molecular flexibility index (Phi) is 6.87. The van der Waals surface area contributed by atoms with Crippen molar-refractivity contribution in [1.82, 2.24) is 15.3 Å². The van der Waals surface area contributed by atoms with Crippen molar-refractivity contribution < 1.29 is 4.79 Å². The van der Waals surface area contributed by atoms with Crippen molar-refractivity contribution in [3.05, 3.63) is 57.0 Å². The molecule has 0 bridgehead atoms. The Morgan fingerprint density at radius 2 is 2.17 bits per heavy atom. The lowest BCUT2D eigenvalue weighted by Gasteiger charge is -2.15. The number of aromatic amines is 1. The Labute approximate surface area is 150 Å². The largest absolute Gasteiger partial charge is 0.349 e. The van der Waals surface area contributed by atoms with Crippen molar-refractivity contribution in [2.45, 2.75) is 37.9 Å². The van der Waals surface area contributed by atoms with Gasteiger partial charge in [0.25, 0.3) is 5.56 Å². The molecule has 1 aromatic carbocycles. The molecule has 0 saturated carbocycles. The highest BCUT2D eigenvalue weighted by Gasteiger charge is 2.13. The molecular formula is C17H20ClN3O2S. The maximum absolute atomic E-state index is 12.1. The smallest absolute Gasteiger partial charge is 0.251 e. The predicted molar refractivity (Wildman–Crippen MR) is 97.6 cm³/mol. The van der Waals surface area contributed by atoms with Crippen LogP contribution < -0.4 is 10.9 Å². The summed E-state index contributed by atoms with van der Waals surface area (Å²) in [5.74, 6) is 0.0313. The Balaban J connectivity index is 1.94. The lowest BCUT2D eigenvalue weighted by atomic mass is 10.1. The van der Waals surface area contributed by atoms with Crippen LogP contribution >= 0.6 is 23.4 Å². The van der Waals surface area contributed by atoms with Crippen molar-refractivity contribution in [3.63, 3.8) is 0 Å². The number of carbonyl (C=O) groups excluding carboxylic acids is 1. The van der Waals surface area contributed by atoms with Gasteiger partial charge in [0, 0.05) is 16.8 Å². The zero-order valence-corrected chi connectivity index (χ0v) is 15.2. The highest BCUT2D eigenvalue weighted by Crippen LogP contribution is 2.22. The first kappa shape index (κ1) is 18.5. The Hall–Kier alpha value is -1.79. The molecule has 128 valence electrons. The number of aromatic nitrogens is 2. The summed E-state index contributed by atoms with van der Waals surface area (Å²) in [6, 6.07) is 8.71. The fourth-order valence-corrected chi connectivity index (χ4v) is 3.26. The van der Waals surface area contributed by atoms with Gasteiger partial charge in [0.15, 0.2) is 5.16 Å². The van der Waals surface area contributed by atoms with Crippen LogP contribution in [0, 0.1) is 0 Å². The fourth-order valence-electron chi connectivity index (χ4n) is 2.26. The number of halogens is 1. The Morgan fingerprint density at radius 1 is 1.42 bits per heavy atom. The summed E-state index contributed by atoms with van der Waals surface area (Å²) in [6.07, 6.45) is 1.66. The minimum atomic E-state index is -0.194. The summed E-state index contributed by atoms with van der Waals surface area (Å²) in [5.41, 5.74) is 1.42. The molecule has 0 fully saturated rings. The molecular weight excluding hydrogens is 346 g/mol. The van der Waals surface area contributed by atoms with Gasteiger partial charge in [-0.05, 0) is 25.0 Å². The van der Waals surface area contributed by atoms with E-state index in [1.54, 1.807) is 6.07 Å². The average Bonchev–Trinajstić information content (AvgIpc) is 2.53. The van der Waals surface area contributed by atoms with Crippen LogP contribution in [-0.4, -0.2) is 21.6 Å². The summed E-state index contributed by atoms with van der Waals surface area (Å²) in [5, 5.41) is 3.98. The number of nitrogens with one attached hydrogen (secondary N) is 2. The first-order chi connectivity index (χ1) is 11.5. The van der Waals surface area contributed by atoms with E-state index in [0.29, 0.717) is 10.2 Å². The van der Waals surface area contributed by atoms with Crippen LogP contribution in [0.25, 0.3) is 0 Å². The molecule has 0 aliphatic heterocycles. The molecule has 1 atom stereocenters. The monoisotopic (exact) mass is 365 g/mol. The third-order valence-corrected chi connectivity index (χ3v) is 4.59. The molecule has 0 radical (unpaired) electrons. The molecule has 2 rings (SSSR count). The summed E-state index contributed by atoms with van der Waals surface area (Å²) < 4.78 is 0. The summed E-state index contributed by atoms with van der Waals surface area (Å²) >= 11 is 7.35. The molecule has 0 aliphatic rings. The van der Waals surface area contributed by atoms with Crippen LogP contribution in [0.2, 0.25) is 5.02 Å². The van der Waals surface area contributed by atoms with Crippen LogP contribution in [-0.2, 0) is 11.2 Å². The number of benzene rings is 1. The maximum atomic E-state index is 12.1. The van der Waals surface area contributed by atoms with Gasteiger partial charge in [-0.25, -0.2) is 4.98 Å². The molecule has 2 N–H and O–H groups in total. The standard InChI is InChI=1S/C17H20ClN3O2S/c1-3-6-12-9-15(22)21-17(20-12)24-10-16(23)19-11(2)13-7-4-5-8-14(13)18/h4-5,7-9,11H,3,6,10H2,1-2H3,(H,19,23)(H,20,21,22)/t11-/m0/s1. The highest BCUT2D eigenvalue weighted by molar-refractivity contribution is 7.99. The van der Waals surface area contributed by atoms with Crippen LogP contribution in [0.4, 0.5) is 0 Å². The lowest BCUT2D eigenvalue weighted by molar-refractivity contribution is -0.119. The van der Waals surface area contributed by atoms with E-state index in [1.807, 2.05) is 32.0 Å². The van der Waals surface area contributed by atoms with E-state index in [2.05, 4.69) is 15.3 Å². The Bertz CT molecular complexity index is 763. The molecule has 0 spiro atoms. The number of rotatable bonds is 7. The first-order valence-corrected chi connectivity index (χ1v) is 9.12. The second kappa shape index (κ2) is 8.89. The van der Waals surface area contributed by atoms with E-state index in [-0.39, 0.29) is 23.3 Å². The first-order valence-electron chi connectivity index (χ1n) is 7.76. The summed E-state index contributed by atoms with van der Waals surface area (Å²) in [7, 11) is 0. The lowest BCUT2D eigenvalue weighted by Crippen LogP contribution is -2.28. The number of H-pyrrole nitrogens is 1. The van der Waals surface area contributed by atoms with Gasteiger partial charge >= 0.3 is 0 Å². The molecule has 0 saturated heterocycles. The Morgan fingerprint density at radius 3 is 2.88 bits per heavy atom. The van der Waals surface area contributed by atoms with Gasteiger partial charge in [-0.3, -0.25) is 9.59 Å². The molecule has 2 aromatic rings. The second-order valence-electron chi connectivity index (χ2n) is 5.39. The number of hydrogen-bond acceptors (Lipinski definition) is 4. The SMILES string of the molecule is CCCc1cc(=O)[nH]c(SCC(=O)N[C@@H](C)c2ccccc2Cl)n1. The van der Waals surface area contributed by atoms with E-state index in [4.69, 9.17) is 11.6 Å². The van der Waals surface area contributed by atoms with E-state index < -0.39 is 0 Å². The summed E-state index contributed by atoms with van der Waals surface area (Å²) in [6.45, 7) is 3.91. The van der Waals surface area contributed by atoms with Crippen molar-refractivity contribution in [1.29, 1.82) is 0 Å². The fraction of sp³-hybridized carbons (Fsp3) is 0.353. The molecule has 5 nitrogen and oxygen atoms in total. The number of hydrogen-bond donors (Lipinski definition) is 2. The van der Waals surface area contributed by atoms with E-state index in [1.165, 1.54) is 17.8 Å². The van der Waals surface area contributed by atoms with Crippen LogP contribution in [0.15, 0.2) is 40.3 Å². The number of nitrogens with zero attached hydrogens (tertiary/aromatic N) is 1. The van der Waals surface area contributed by atoms with Gasteiger partial charge < -0.3 is 10.3 Å². The van der Waals surface area contributed by atoms with Crippen LogP contribution in [0.5, 0.6) is 0 Å². The zero-order chi connectivity index (χ0) is 17.5. The topological polar surface area (TPSA) is 74.8 Å². The zero-order valence-electron chi connectivity index (χ0n) is 13.6. The van der Waals surface area contributed by atoms with Gasteiger partial charge in [0.2, 0.25) is 5.91 Å². The van der Waals surface area contributed by atoms with E-state index >= 15 is 0 Å². The van der Waals surface area contributed by atoms with Crippen LogP contribution in [0.1, 0.15) is 37.6 Å². The van der Waals surface area contributed by atoms with Crippen molar-refractivity contribution in [2.24, 2.45) is 0 Å². The van der Waals surface area contributed by atoms with Gasteiger partial charge in [-0.2, -0.15) is 0 Å². The quantitative estimate of drug-likeness (QED) is 0.583. The van der Waals surface area contributed by atoms with E-state index in [0.717, 1.165) is 24.1 Å². The predicted octanol–water partition coefficient (Wildman–Crippen LogP) is 3.35. The minimum absolute atomic E-state index is 0.143. The molecule has 1 aromatic heterocycles. The minimum Gasteiger partial charge on any atom is -0.349 e. The number of thioether (sulfide) groups is 1. The molecule has 1 heterocycles. The summed E-state index contributed by atoms with van der Waals surface area (Å²) in [4.78, 5) is 30.7. The van der Waals surface area contributed by atoms with Crippen molar-refractivity contribution in [2.75, 3.05) is 5.75 Å². The third-order valence-electron chi connectivity index (χ3n) is 3.37. The van der Waals surface area contributed by atoms with E-state index in [9.17, 15) is 9.59 Å². The average molecular weight is 366 g/mol. The van der Waals surface area contributed by atoms with Gasteiger partial charge in [-0.15, -0.1) is 0 Å². The maximum Gasteiger partial charge on any atom is 0.251 e. The number of aryl methyl sites for hydroxylation is 1. The molecule has 24 heavy (non-hydrogen) atoms. The number of amides is 1. The molecule has 1 amide bonds. The van der Waals surface area contributed by atoms with Crippen molar-refractivity contribution >= 4 is 29.3 Å². The number of carbonyl (C=O) groups is 1. The van der Waals surface area contributed by atoms with Gasteiger partial charge in [-0.1, -0.05) is 54.9 Å². The highest BCUT2D eigenvalue weighted by atomic mass is 35.5.